The van der Waals surface area contributed by atoms with Gasteiger partial charge in [-0.25, -0.2) is 4.98 Å². The smallest absolute Gasteiger partial charge is 0.230 e. The van der Waals surface area contributed by atoms with Crippen molar-refractivity contribution < 1.29 is 4.74 Å². The van der Waals surface area contributed by atoms with Crippen molar-refractivity contribution in [2.45, 2.75) is 19.8 Å². The number of aromatic nitrogens is 2. The largest absolute Gasteiger partial charge is 0.481 e. The average molecular weight is 292 g/mol. The van der Waals surface area contributed by atoms with Crippen LogP contribution in [-0.2, 0) is 6.42 Å². The van der Waals surface area contributed by atoms with Gasteiger partial charge in [-0.05, 0) is 37.5 Å². The minimum Gasteiger partial charge on any atom is -0.481 e. The summed E-state index contributed by atoms with van der Waals surface area (Å²) in [5.41, 5.74) is 3.07. The molecule has 1 aromatic carbocycles. The van der Waals surface area contributed by atoms with Gasteiger partial charge >= 0.3 is 0 Å². The Hall–Kier alpha value is -1.81. The number of nitrogens with one attached hydrogen (secondary N) is 1. The van der Waals surface area contributed by atoms with Crippen LogP contribution in [0.25, 0.3) is 0 Å². The van der Waals surface area contributed by atoms with Gasteiger partial charge in [0, 0.05) is 23.3 Å². The Kier molecular flexibility index (Phi) is 5.18. The number of rotatable bonds is 6. The first-order valence-electron chi connectivity index (χ1n) is 6.53. The highest BCUT2D eigenvalue weighted by Gasteiger charge is 2.03. The first kappa shape index (κ1) is 14.6. The molecule has 2 aromatic rings. The topological polar surface area (TPSA) is 47.0 Å². The number of hydrogen-bond donors (Lipinski definition) is 1. The molecule has 106 valence electrons. The zero-order valence-electron chi connectivity index (χ0n) is 11.7. The van der Waals surface area contributed by atoms with Crippen LogP contribution < -0.4 is 10.1 Å². The molecule has 0 aliphatic carbocycles. The zero-order valence-corrected chi connectivity index (χ0v) is 12.4. The maximum absolute atomic E-state index is 5.72. The van der Waals surface area contributed by atoms with E-state index in [1.165, 1.54) is 5.56 Å². The molecule has 0 saturated heterocycles. The number of anilines is 2. The minimum absolute atomic E-state index is 0.538. The number of methoxy groups -OCH3 is 1. The van der Waals surface area contributed by atoms with Gasteiger partial charge in [0.15, 0.2) is 0 Å². The molecule has 0 fully saturated rings. The van der Waals surface area contributed by atoms with Gasteiger partial charge in [0.1, 0.15) is 0 Å². The molecule has 20 heavy (non-hydrogen) atoms. The Morgan fingerprint density at radius 1 is 1.25 bits per heavy atom. The molecule has 0 aliphatic heterocycles. The highest BCUT2D eigenvalue weighted by Crippen LogP contribution is 2.18. The predicted octanol–water partition coefficient (Wildman–Crippen LogP) is 3.71. The van der Waals surface area contributed by atoms with E-state index >= 15 is 0 Å². The quantitative estimate of drug-likeness (QED) is 0.824. The molecule has 2 rings (SSSR count). The van der Waals surface area contributed by atoms with Gasteiger partial charge in [0.25, 0.3) is 0 Å². The first-order chi connectivity index (χ1) is 9.71. The van der Waals surface area contributed by atoms with E-state index in [1.54, 1.807) is 13.2 Å². The summed E-state index contributed by atoms with van der Waals surface area (Å²) in [4.78, 5) is 8.62. The highest BCUT2D eigenvalue weighted by molar-refractivity contribution is 6.17. The normalized spacial score (nSPS) is 10.3. The summed E-state index contributed by atoms with van der Waals surface area (Å²) in [6.45, 7) is 1.91. The maximum Gasteiger partial charge on any atom is 0.230 e. The summed E-state index contributed by atoms with van der Waals surface area (Å²) in [5, 5.41) is 3.20. The van der Waals surface area contributed by atoms with Crippen molar-refractivity contribution in [2.75, 3.05) is 18.3 Å². The van der Waals surface area contributed by atoms with Crippen LogP contribution >= 0.6 is 11.6 Å². The van der Waals surface area contributed by atoms with E-state index in [9.17, 15) is 0 Å². The van der Waals surface area contributed by atoms with Crippen LogP contribution in [0.5, 0.6) is 5.88 Å². The van der Waals surface area contributed by atoms with E-state index in [4.69, 9.17) is 16.3 Å². The third-order valence-electron chi connectivity index (χ3n) is 2.82. The lowest BCUT2D eigenvalue weighted by Crippen LogP contribution is -2.01. The lowest BCUT2D eigenvalue weighted by atomic mass is 10.1. The van der Waals surface area contributed by atoms with Crippen molar-refractivity contribution in [1.82, 2.24) is 9.97 Å². The monoisotopic (exact) mass is 291 g/mol. The zero-order chi connectivity index (χ0) is 14.4. The number of halogens is 1. The van der Waals surface area contributed by atoms with Crippen LogP contribution in [0.15, 0.2) is 30.3 Å². The van der Waals surface area contributed by atoms with Crippen LogP contribution in [0.3, 0.4) is 0 Å². The summed E-state index contributed by atoms with van der Waals surface area (Å²) in [7, 11) is 1.60. The number of nitrogens with zero attached hydrogens (tertiary/aromatic N) is 2. The average Bonchev–Trinajstić information content (AvgIpc) is 2.45. The number of ether oxygens (including phenoxy) is 1. The van der Waals surface area contributed by atoms with Gasteiger partial charge in [-0.1, -0.05) is 12.1 Å². The first-order valence-corrected chi connectivity index (χ1v) is 7.06. The second-order valence-corrected chi connectivity index (χ2v) is 4.87. The summed E-state index contributed by atoms with van der Waals surface area (Å²) in [5.74, 6) is 1.77. The van der Waals surface area contributed by atoms with Crippen molar-refractivity contribution in [3.63, 3.8) is 0 Å². The number of alkyl halides is 1. The van der Waals surface area contributed by atoms with Gasteiger partial charge < -0.3 is 10.1 Å². The van der Waals surface area contributed by atoms with Gasteiger partial charge in [-0.2, -0.15) is 4.98 Å². The molecule has 0 aliphatic rings. The van der Waals surface area contributed by atoms with Gasteiger partial charge in [0.2, 0.25) is 11.8 Å². The standard InChI is InChI=1S/C15H18ClN3O/c1-11-9-14(20-2)19-15(17-11)18-13-7-3-5-12(10-13)6-4-8-16/h3,5,7,9-10H,4,6,8H2,1-2H3,(H,17,18,19). The van der Waals surface area contributed by atoms with Crippen LogP contribution in [0.2, 0.25) is 0 Å². The summed E-state index contributed by atoms with van der Waals surface area (Å²) in [6.07, 6.45) is 1.94. The third-order valence-corrected chi connectivity index (χ3v) is 3.09. The van der Waals surface area contributed by atoms with Gasteiger partial charge in [-0.15, -0.1) is 11.6 Å². The van der Waals surface area contributed by atoms with Gasteiger partial charge in [-0.3, -0.25) is 0 Å². The van der Waals surface area contributed by atoms with E-state index in [2.05, 4.69) is 27.4 Å². The lowest BCUT2D eigenvalue weighted by Gasteiger charge is -2.09. The maximum atomic E-state index is 5.72. The van der Waals surface area contributed by atoms with Gasteiger partial charge in [0.05, 0.1) is 7.11 Å². The molecule has 0 unspecified atom stereocenters. The fraction of sp³-hybridized carbons (Fsp3) is 0.333. The van der Waals surface area contributed by atoms with Crippen LogP contribution in [0.1, 0.15) is 17.7 Å². The number of aryl methyl sites for hydroxylation is 2. The third kappa shape index (κ3) is 4.10. The van der Waals surface area contributed by atoms with E-state index < -0.39 is 0 Å². The van der Waals surface area contributed by atoms with Crippen molar-refractivity contribution in [3.05, 3.63) is 41.6 Å². The minimum atomic E-state index is 0.538. The molecule has 1 aromatic heterocycles. The summed E-state index contributed by atoms with van der Waals surface area (Å²) >= 11 is 5.72. The molecule has 0 radical (unpaired) electrons. The van der Waals surface area contributed by atoms with Crippen molar-refractivity contribution >= 4 is 23.2 Å². The number of hydrogen-bond acceptors (Lipinski definition) is 4. The van der Waals surface area contributed by atoms with Crippen molar-refractivity contribution in [3.8, 4) is 5.88 Å². The molecule has 1 heterocycles. The Morgan fingerprint density at radius 2 is 2.10 bits per heavy atom. The Balaban J connectivity index is 2.15. The molecule has 1 N–H and O–H groups in total. The summed E-state index contributed by atoms with van der Waals surface area (Å²) in [6, 6.07) is 9.98. The molecule has 0 saturated carbocycles. The van der Waals surface area contributed by atoms with E-state index in [0.29, 0.717) is 17.7 Å². The van der Waals surface area contributed by atoms with Crippen LogP contribution in [-0.4, -0.2) is 23.0 Å². The van der Waals surface area contributed by atoms with Crippen molar-refractivity contribution in [2.24, 2.45) is 0 Å². The molecule has 0 atom stereocenters. The lowest BCUT2D eigenvalue weighted by molar-refractivity contribution is 0.397. The SMILES string of the molecule is COc1cc(C)nc(Nc2cccc(CCCCl)c2)n1. The van der Waals surface area contributed by atoms with Crippen LogP contribution in [0.4, 0.5) is 11.6 Å². The fourth-order valence-electron chi connectivity index (χ4n) is 1.90. The van der Waals surface area contributed by atoms with E-state index in [1.807, 2.05) is 19.1 Å². The molecule has 0 bridgehead atoms. The second-order valence-electron chi connectivity index (χ2n) is 4.49. The predicted molar refractivity (Wildman–Crippen MR) is 82.1 cm³/mol. The second kappa shape index (κ2) is 7.10. The Labute approximate surface area is 124 Å². The molecular formula is C15H18ClN3O. The van der Waals surface area contributed by atoms with E-state index in [0.717, 1.165) is 24.2 Å². The number of benzene rings is 1. The summed E-state index contributed by atoms with van der Waals surface area (Å²) < 4.78 is 5.14. The molecule has 4 nitrogen and oxygen atoms in total. The molecule has 0 amide bonds. The molecular weight excluding hydrogens is 274 g/mol. The Bertz CT molecular complexity index is 575. The molecule has 5 heteroatoms. The van der Waals surface area contributed by atoms with Crippen LogP contribution in [0, 0.1) is 6.92 Å². The highest BCUT2D eigenvalue weighted by atomic mass is 35.5. The van der Waals surface area contributed by atoms with E-state index in [-0.39, 0.29) is 0 Å². The molecule has 0 spiro atoms. The fourth-order valence-corrected chi connectivity index (χ4v) is 2.04. The van der Waals surface area contributed by atoms with Crippen molar-refractivity contribution in [1.29, 1.82) is 0 Å². The Morgan fingerprint density at radius 3 is 2.85 bits per heavy atom.